The number of anilines is 1. The van der Waals surface area contributed by atoms with Crippen LogP contribution in [0.3, 0.4) is 0 Å². The Morgan fingerprint density at radius 2 is 1.75 bits per heavy atom. The molecule has 0 saturated heterocycles. The molecule has 0 saturated carbocycles. The minimum atomic E-state index is -1.07. The number of hydrogen-bond acceptors (Lipinski definition) is 2. The van der Waals surface area contributed by atoms with Crippen LogP contribution in [-0.2, 0) is 9.59 Å². The van der Waals surface area contributed by atoms with Crippen LogP contribution in [0.2, 0.25) is 0 Å². The lowest BCUT2D eigenvalue weighted by molar-refractivity contribution is -0.146. The van der Waals surface area contributed by atoms with Crippen molar-refractivity contribution in [3.05, 3.63) is 42.0 Å². The molecule has 1 amide bonds. The number of carbonyl (C=O) groups excluding carboxylic acids is 1. The highest BCUT2D eigenvalue weighted by Crippen LogP contribution is 2.27. The summed E-state index contributed by atoms with van der Waals surface area (Å²) < 4.78 is 25.8. The first-order valence-corrected chi connectivity index (χ1v) is 6.12. The van der Waals surface area contributed by atoms with Crippen molar-refractivity contribution in [2.75, 3.05) is 5.32 Å². The second-order valence-electron chi connectivity index (χ2n) is 4.61. The summed E-state index contributed by atoms with van der Waals surface area (Å²) in [7, 11) is 0. The maximum Gasteiger partial charge on any atom is 0.307 e. The monoisotopic (exact) mass is 281 g/mol. The second kappa shape index (κ2) is 5.81. The number of benzene rings is 1. The lowest BCUT2D eigenvalue weighted by Gasteiger charge is -2.24. The molecule has 0 bridgehead atoms. The third-order valence-electron chi connectivity index (χ3n) is 3.27. The summed E-state index contributed by atoms with van der Waals surface area (Å²) in [6.45, 7) is 0. The van der Waals surface area contributed by atoms with E-state index in [-0.39, 0.29) is 12.1 Å². The van der Waals surface area contributed by atoms with Crippen LogP contribution in [-0.4, -0.2) is 17.0 Å². The van der Waals surface area contributed by atoms with Crippen LogP contribution in [0.1, 0.15) is 12.8 Å². The lowest BCUT2D eigenvalue weighted by Crippen LogP contribution is -2.34. The van der Waals surface area contributed by atoms with E-state index >= 15 is 0 Å². The van der Waals surface area contributed by atoms with Crippen LogP contribution < -0.4 is 5.32 Å². The molecule has 0 radical (unpaired) electrons. The molecule has 0 heterocycles. The molecular formula is C14H13F2NO3. The average molecular weight is 281 g/mol. The first-order chi connectivity index (χ1) is 9.49. The number of amides is 1. The van der Waals surface area contributed by atoms with Crippen molar-refractivity contribution in [2.45, 2.75) is 12.8 Å². The fraction of sp³-hybridized carbons (Fsp3) is 0.286. The van der Waals surface area contributed by atoms with Crippen LogP contribution in [0.15, 0.2) is 30.4 Å². The Balaban J connectivity index is 2.12. The molecule has 1 aliphatic carbocycles. The predicted octanol–water partition coefficient (Wildman–Crippen LogP) is 2.57. The third kappa shape index (κ3) is 3.01. The number of carbonyl (C=O) groups is 2. The Bertz CT molecular complexity index is 572. The van der Waals surface area contributed by atoms with Crippen molar-refractivity contribution in [3.63, 3.8) is 0 Å². The highest BCUT2D eigenvalue weighted by molar-refractivity contribution is 5.95. The van der Waals surface area contributed by atoms with Crippen LogP contribution in [0, 0.1) is 23.5 Å². The van der Waals surface area contributed by atoms with Gasteiger partial charge in [-0.15, -0.1) is 0 Å². The van der Waals surface area contributed by atoms with Crippen molar-refractivity contribution < 1.29 is 23.5 Å². The highest BCUT2D eigenvalue weighted by Gasteiger charge is 2.33. The largest absolute Gasteiger partial charge is 0.481 e. The van der Waals surface area contributed by atoms with Crippen LogP contribution >= 0.6 is 0 Å². The van der Waals surface area contributed by atoms with E-state index in [1.165, 1.54) is 6.07 Å². The van der Waals surface area contributed by atoms with Crippen molar-refractivity contribution in [1.29, 1.82) is 0 Å². The molecule has 1 aliphatic rings. The molecule has 0 aromatic heterocycles. The molecule has 6 heteroatoms. The number of halogens is 2. The highest BCUT2D eigenvalue weighted by atomic mass is 19.2. The maximum atomic E-state index is 13.0. The summed E-state index contributed by atoms with van der Waals surface area (Å²) in [6.07, 6.45) is 4.06. The van der Waals surface area contributed by atoms with Crippen molar-refractivity contribution in [3.8, 4) is 0 Å². The van der Waals surface area contributed by atoms with Crippen molar-refractivity contribution in [1.82, 2.24) is 0 Å². The van der Waals surface area contributed by atoms with Gasteiger partial charge < -0.3 is 10.4 Å². The molecule has 0 spiro atoms. The second-order valence-corrected chi connectivity index (χ2v) is 4.61. The van der Waals surface area contributed by atoms with E-state index in [0.717, 1.165) is 12.1 Å². The Morgan fingerprint density at radius 1 is 1.10 bits per heavy atom. The molecule has 0 unspecified atom stereocenters. The molecule has 2 rings (SSSR count). The van der Waals surface area contributed by atoms with Crippen LogP contribution in [0.25, 0.3) is 0 Å². The number of nitrogens with one attached hydrogen (secondary N) is 1. The SMILES string of the molecule is O=C(Nc1ccc(F)c(F)c1)[C@H]1CC=CC[C@H]1C(=O)O. The van der Waals surface area contributed by atoms with Crippen molar-refractivity contribution >= 4 is 17.6 Å². The zero-order valence-corrected chi connectivity index (χ0v) is 10.5. The van der Waals surface area contributed by atoms with Gasteiger partial charge in [-0.25, -0.2) is 8.78 Å². The number of hydrogen-bond donors (Lipinski definition) is 2. The Hall–Kier alpha value is -2.24. The summed E-state index contributed by atoms with van der Waals surface area (Å²) in [6, 6.07) is 2.99. The average Bonchev–Trinajstić information content (AvgIpc) is 2.43. The molecule has 1 aromatic rings. The topological polar surface area (TPSA) is 66.4 Å². The molecule has 106 valence electrons. The normalized spacial score (nSPS) is 21.5. The fourth-order valence-electron chi connectivity index (χ4n) is 2.19. The molecule has 2 N–H and O–H groups in total. The van der Waals surface area contributed by atoms with E-state index < -0.39 is 35.3 Å². The minimum absolute atomic E-state index is 0.104. The van der Waals surface area contributed by atoms with Gasteiger partial charge in [0.25, 0.3) is 0 Å². The van der Waals surface area contributed by atoms with Gasteiger partial charge in [-0.2, -0.15) is 0 Å². The Morgan fingerprint density at radius 3 is 2.35 bits per heavy atom. The van der Waals surface area contributed by atoms with Gasteiger partial charge in [0.2, 0.25) is 5.91 Å². The van der Waals surface area contributed by atoms with E-state index in [1.807, 2.05) is 0 Å². The van der Waals surface area contributed by atoms with E-state index in [9.17, 15) is 18.4 Å². The number of rotatable bonds is 3. The predicted molar refractivity (Wildman–Crippen MR) is 68.0 cm³/mol. The fourth-order valence-corrected chi connectivity index (χ4v) is 2.19. The first-order valence-electron chi connectivity index (χ1n) is 6.12. The summed E-state index contributed by atoms with van der Waals surface area (Å²) in [5.41, 5.74) is 0.104. The van der Waals surface area contributed by atoms with Gasteiger partial charge in [0.05, 0.1) is 11.8 Å². The number of aliphatic carboxylic acids is 1. The lowest BCUT2D eigenvalue weighted by atomic mass is 9.82. The van der Waals surface area contributed by atoms with Gasteiger partial charge in [0.1, 0.15) is 0 Å². The standard InChI is InChI=1S/C14H13F2NO3/c15-11-6-5-8(7-12(11)16)17-13(18)9-3-1-2-4-10(9)14(19)20/h1-2,5-7,9-10H,3-4H2,(H,17,18)(H,19,20)/t9-,10+/m0/s1. The van der Waals surface area contributed by atoms with Crippen LogP contribution in [0.4, 0.5) is 14.5 Å². The third-order valence-corrected chi connectivity index (χ3v) is 3.27. The van der Waals surface area contributed by atoms with E-state index in [2.05, 4.69) is 5.32 Å². The van der Waals surface area contributed by atoms with E-state index in [0.29, 0.717) is 6.42 Å². The number of carboxylic acids is 1. The smallest absolute Gasteiger partial charge is 0.307 e. The number of allylic oxidation sites excluding steroid dienone is 2. The Kier molecular flexibility index (Phi) is 4.12. The molecular weight excluding hydrogens is 268 g/mol. The molecule has 2 atom stereocenters. The Labute approximate surface area is 114 Å². The van der Waals surface area contributed by atoms with Gasteiger partial charge in [-0.05, 0) is 25.0 Å². The van der Waals surface area contributed by atoms with Gasteiger partial charge in [0, 0.05) is 11.8 Å². The van der Waals surface area contributed by atoms with Gasteiger partial charge >= 0.3 is 5.97 Å². The molecule has 1 aromatic carbocycles. The zero-order chi connectivity index (χ0) is 14.7. The minimum Gasteiger partial charge on any atom is -0.481 e. The first kappa shape index (κ1) is 14.2. The van der Waals surface area contributed by atoms with Gasteiger partial charge in [-0.3, -0.25) is 9.59 Å². The summed E-state index contributed by atoms with van der Waals surface area (Å²) in [5, 5.41) is 11.5. The maximum absolute atomic E-state index is 13.0. The van der Waals surface area contributed by atoms with Gasteiger partial charge in [0.15, 0.2) is 11.6 Å². The summed E-state index contributed by atoms with van der Waals surface area (Å²) in [4.78, 5) is 23.2. The molecule has 0 fully saturated rings. The van der Waals surface area contributed by atoms with Gasteiger partial charge in [-0.1, -0.05) is 12.2 Å². The summed E-state index contributed by atoms with van der Waals surface area (Å²) in [5.74, 6) is -5.14. The molecule has 0 aliphatic heterocycles. The van der Waals surface area contributed by atoms with Crippen molar-refractivity contribution in [2.24, 2.45) is 11.8 Å². The zero-order valence-electron chi connectivity index (χ0n) is 10.5. The van der Waals surface area contributed by atoms with E-state index in [1.54, 1.807) is 12.2 Å². The van der Waals surface area contributed by atoms with Crippen LogP contribution in [0.5, 0.6) is 0 Å². The molecule has 4 nitrogen and oxygen atoms in total. The summed E-state index contributed by atoms with van der Waals surface area (Å²) >= 11 is 0. The quantitative estimate of drug-likeness (QED) is 0.837. The van der Waals surface area contributed by atoms with E-state index in [4.69, 9.17) is 5.11 Å². The molecule has 20 heavy (non-hydrogen) atoms. The number of carboxylic acid groups (broad SMARTS) is 1.